The first-order valence-electron chi connectivity index (χ1n) is 23.3. The van der Waals surface area contributed by atoms with E-state index in [1.54, 1.807) is 0 Å². The Morgan fingerprint density at radius 1 is 0.542 bits per heavy atom. The molecular weight excluding hydrogens is 758 g/mol. The molecule has 340 valence electrons. The standard InChI is InChI=1S/C50H88NO7P/c1-6-8-10-12-14-16-18-20-22-24-26-27-29-31-33-35-37-39-41-43-50(52)58-49(48-57-59(53,54)56-46-44-51(3,4)5)47-55-45-42-40-38-36-34-32-30-28-25-23-21-19-17-15-13-11-9-7-2/h8,10,14,16,20-23,26-27,31,33,37,39,49H,6-7,9,11-13,15,17-19,24-25,28-30,32,34-36,38,40-48H2,1-5H3/b10-8-,16-14-,22-20-,23-21-,27-26-,33-31-,39-37-. The topological polar surface area (TPSA) is 94.1 Å². The molecule has 0 aromatic heterocycles. The molecule has 0 radical (unpaired) electrons. The van der Waals surface area contributed by atoms with Crippen molar-refractivity contribution in [1.82, 2.24) is 0 Å². The molecule has 0 saturated carbocycles. The van der Waals surface area contributed by atoms with Crippen molar-refractivity contribution < 1.29 is 37.3 Å². The zero-order chi connectivity index (χ0) is 43.4. The van der Waals surface area contributed by atoms with Gasteiger partial charge in [-0.2, -0.15) is 0 Å². The maximum absolute atomic E-state index is 12.7. The molecular formula is C50H88NO7P. The van der Waals surface area contributed by atoms with Gasteiger partial charge in [-0.1, -0.05) is 170 Å². The summed E-state index contributed by atoms with van der Waals surface area (Å²) < 4.78 is 34.5. The molecule has 8 nitrogen and oxygen atoms in total. The quantitative estimate of drug-likeness (QED) is 0.0199. The number of nitrogens with zero attached hydrogens (tertiary/aromatic N) is 1. The van der Waals surface area contributed by atoms with Crippen LogP contribution in [0.3, 0.4) is 0 Å². The van der Waals surface area contributed by atoms with Gasteiger partial charge in [-0.3, -0.25) is 9.36 Å². The molecule has 0 aliphatic carbocycles. The number of ether oxygens (including phenoxy) is 2. The highest BCUT2D eigenvalue weighted by Crippen LogP contribution is 2.38. The van der Waals surface area contributed by atoms with Crippen molar-refractivity contribution in [2.45, 2.75) is 174 Å². The Kier molecular flexibility index (Phi) is 40.7. The van der Waals surface area contributed by atoms with Crippen LogP contribution in [0.4, 0.5) is 0 Å². The summed E-state index contributed by atoms with van der Waals surface area (Å²) in [5.74, 6) is -0.419. The Balaban J connectivity index is 4.35. The SMILES string of the molecule is CC/C=C\C/C=C\C/C=C\C/C=C\C/C=C\C/C=C\CCC(=O)OC(COCCCCCCCCCC/C=C\CCCCCCCC)COP(=O)([O-])OCC[N+](C)(C)C. The average molecular weight is 846 g/mol. The molecule has 0 aromatic carbocycles. The molecule has 0 aromatic rings. The summed E-state index contributed by atoms with van der Waals surface area (Å²) in [4.78, 5) is 25.1. The van der Waals surface area contributed by atoms with Gasteiger partial charge in [0.25, 0.3) is 7.82 Å². The summed E-state index contributed by atoms with van der Waals surface area (Å²) in [6.07, 6.45) is 56.2. The molecule has 0 aliphatic heterocycles. The third kappa shape index (κ3) is 46.6. The number of hydrogen-bond donors (Lipinski definition) is 0. The van der Waals surface area contributed by atoms with Crippen LogP contribution in [0.1, 0.15) is 168 Å². The number of phosphoric acid groups is 1. The lowest BCUT2D eigenvalue weighted by atomic mass is 10.1. The number of unbranched alkanes of at least 4 members (excludes halogenated alkanes) is 14. The predicted octanol–water partition coefficient (Wildman–Crippen LogP) is 13.4. The van der Waals surface area contributed by atoms with Gasteiger partial charge < -0.3 is 27.9 Å². The van der Waals surface area contributed by atoms with Gasteiger partial charge in [0.05, 0.1) is 34.4 Å². The van der Waals surface area contributed by atoms with Crippen LogP contribution in [0.2, 0.25) is 0 Å². The van der Waals surface area contributed by atoms with Crippen LogP contribution < -0.4 is 4.89 Å². The smallest absolute Gasteiger partial charge is 0.306 e. The molecule has 0 rings (SSSR count). The summed E-state index contributed by atoms with van der Waals surface area (Å²) in [7, 11) is 1.30. The number of esters is 1. The van der Waals surface area contributed by atoms with E-state index in [9.17, 15) is 14.3 Å². The summed E-state index contributed by atoms with van der Waals surface area (Å²) in [6, 6.07) is 0. The summed E-state index contributed by atoms with van der Waals surface area (Å²) in [6.45, 7) is 5.17. The van der Waals surface area contributed by atoms with Crippen molar-refractivity contribution >= 4 is 13.8 Å². The zero-order valence-corrected chi connectivity index (χ0v) is 39.3. The van der Waals surface area contributed by atoms with E-state index in [0.29, 0.717) is 24.1 Å². The number of quaternary nitrogens is 1. The number of hydrogen-bond acceptors (Lipinski definition) is 7. The fraction of sp³-hybridized carbons (Fsp3) is 0.700. The third-order valence-corrected chi connectivity index (χ3v) is 10.4. The molecule has 59 heavy (non-hydrogen) atoms. The van der Waals surface area contributed by atoms with Crippen molar-refractivity contribution in [1.29, 1.82) is 0 Å². The number of allylic oxidation sites excluding steroid dienone is 14. The molecule has 0 saturated heterocycles. The second kappa shape index (κ2) is 42.4. The fourth-order valence-corrected chi connectivity index (χ4v) is 6.59. The van der Waals surface area contributed by atoms with Gasteiger partial charge in [-0.05, 0) is 77.0 Å². The fourth-order valence-electron chi connectivity index (χ4n) is 5.86. The summed E-state index contributed by atoms with van der Waals surface area (Å²) >= 11 is 0. The van der Waals surface area contributed by atoms with E-state index >= 15 is 0 Å². The first kappa shape index (κ1) is 56.7. The van der Waals surface area contributed by atoms with Crippen LogP contribution in [-0.2, 0) is 27.9 Å². The number of carbonyl (C=O) groups excluding carboxylic acids is 1. The van der Waals surface area contributed by atoms with E-state index in [4.69, 9.17) is 18.5 Å². The van der Waals surface area contributed by atoms with Gasteiger partial charge >= 0.3 is 5.97 Å². The second-order valence-electron chi connectivity index (χ2n) is 16.4. The van der Waals surface area contributed by atoms with Crippen LogP contribution in [0.5, 0.6) is 0 Å². The molecule has 9 heteroatoms. The molecule has 0 spiro atoms. The van der Waals surface area contributed by atoms with E-state index in [1.807, 2.05) is 33.3 Å². The Morgan fingerprint density at radius 3 is 1.47 bits per heavy atom. The Hall–Kier alpha value is -2.32. The molecule has 0 heterocycles. The van der Waals surface area contributed by atoms with E-state index in [2.05, 4.69) is 86.8 Å². The minimum Gasteiger partial charge on any atom is -0.756 e. The highest BCUT2D eigenvalue weighted by Gasteiger charge is 2.20. The number of carbonyl (C=O) groups is 1. The number of rotatable bonds is 42. The van der Waals surface area contributed by atoms with Crippen molar-refractivity contribution in [2.75, 3.05) is 54.1 Å². The van der Waals surface area contributed by atoms with E-state index in [1.165, 1.54) is 89.9 Å². The summed E-state index contributed by atoms with van der Waals surface area (Å²) in [5.41, 5.74) is 0. The predicted molar refractivity (Wildman–Crippen MR) is 249 cm³/mol. The highest BCUT2D eigenvalue weighted by molar-refractivity contribution is 7.45. The molecule has 0 fully saturated rings. The van der Waals surface area contributed by atoms with Gasteiger partial charge in [0.2, 0.25) is 0 Å². The van der Waals surface area contributed by atoms with E-state index in [0.717, 1.165) is 51.4 Å². The molecule has 0 amide bonds. The molecule has 0 N–H and O–H groups in total. The lowest BCUT2D eigenvalue weighted by Gasteiger charge is -2.28. The first-order chi connectivity index (χ1) is 28.6. The maximum Gasteiger partial charge on any atom is 0.306 e. The van der Waals surface area contributed by atoms with E-state index in [-0.39, 0.29) is 26.2 Å². The van der Waals surface area contributed by atoms with Crippen molar-refractivity contribution in [3.8, 4) is 0 Å². The van der Waals surface area contributed by atoms with Crippen LogP contribution in [0.25, 0.3) is 0 Å². The van der Waals surface area contributed by atoms with Crippen LogP contribution in [0.15, 0.2) is 85.1 Å². The number of phosphoric ester groups is 1. The maximum atomic E-state index is 12.7. The van der Waals surface area contributed by atoms with Crippen molar-refractivity contribution in [3.05, 3.63) is 85.1 Å². The second-order valence-corrected chi connectivity index (χ2v) is 17.8. The third-order valence-electron chi connectivity index (χ3n) is 9.44. The van der Waals surface area contributed by atoms with Crippen LogP contribution in [-0.4, -0.2) is 70.7 Å². The Bertz CT molecular complexity index is 1210. The minimum atomic E-state index is -4.55. The largest absolute Gasteiger partial charge is 0.756 e. The van der Waals surface area contributed by atoms with Gasteiger partial charge in [0.15, 0.2) is 0 Å². The van der Waals surface area contributed by atoms with Gasteiger partial charge in [-0.15, -0.1) is 0 Å². The summed E-state index contributed by atoms with van der Waals surface area (Å²) in [5, 5.41) is 0. The minimum absolute atomic E-state index is 0.00783. The lowest BCUT2D eigenvalue weighted by molar-refractivity contribution is -0.870. The zero-order valence-electron chi connectivity index (χ0n) is 38.4. The van der Waals surface area contributed by atoms with Gasteiger partial charge in [-0.25, -0.2) is 0 Å². The van der Waals surface area contributed by atoms with E-state index < -0.39 is 19.9 Å². The first-order valence-corrected chi connectivity index (χ1v) is 24.8. The normalized spacial score (nSPS) is 14.5. The van der Waals surface area contributed by atoms with Crippen molar-refractivity contribution in [2.24, 2.45) is 0 Å². The molecule has 0 aliphatic rings. The van der Waals surface area contributed by atoms with Crippen LogP contribution in [0, 0.1) is 0 Å². The Labute approximate surface area is 363 Å². The average Bonchev–Trinajstić information content (AvgIpc) is 3.19. The monoisotopic (exact) mass is 846 g/mol. The molecule has 0 bridgehead atoms. The number of likely N-dealkylation sites (N-methyl/N-ethyl adjacent to an activating group) is 1. The molecule has 2 atom stereocenters. The Morgan fingerprint density at radius 2 is 0.983 bits per heavy atom. The highest BCUT2D eigenvalue weighted by atomic mass is 31.2. The lowest BCUT2D eigenvalue weighted by Crippen LogP contribution is -2.37. The van der Waals surface area contributed by atoms with Crippen molar-refractivity contribution in [3.63, 3.8) is 0 Å². The van der Waals surface area contributed by atoms with Gasteiger partial charge in [0, 0.05) is 13.0 Å². The van der Waals surface area contributed by atoms with Crippen LogP contribution >= 0.6 is 7.82 Å². The van der Waals surface area contributed by atoms with Gasteiger partial charge in [0.1, 0.15) is 19.3 Å². The molecule has 2 unspecified atom stereocenters.